The van der Waals surface area contributed by atoms with Crippen molar-refractivity contribution in [1.82, 2.24) is 9.88 Å². The number of benzene rings is 1. The highest BCUT2D eigenvalue weighted by Gasteiger charge is 2.37. The average Bonchev–Trinajstić information content (AvgIpc) is 2.79. The van der Waals surface area contributed by atoms with E-state index in [1.165, 1.54) is 0 Å². The fraction of sp³-hybridized carbons (Fsp3) is 0.353. The molecule has 0 N–H and O–H groups in total. The topological polar surface area (TPSA) is 16.1 Å². The molecular formula is C17H18F2N2. The standard InChI is InChI=1S/C17H18F2N2/c1-13-8-16(10-20-9-13)15-4-2-14(3-5-15)11-21-7-6-17(18,19)12-21/h2-5,8-10H,6-7,11-12H2,1H3. The number of halogens is 2. The van der Waals surface area contributed by atoms with Gasteiger partial charge in [0.1, 0.15) is 0 Å². The summed E-state index contributed by atoms with van der Waals surface area (Å²) in [7, 11) is 0. The predicted octanol–water partition coefficient (Wildman–Crippen LogP) is 3.90. The van der Waals surface area contributed by atoms with Gasteiger partial charge in [0.25, 0.3) is 5.92 Å². The van der Waals surface area contributed by atoms with Crippen LogP contribution in [0.4, 0.5) is 8.78 Å². The van der Waals surface area contributed by atoms with Crippen LogP contribution in [0.1, 0.15) is 17.5 Å². The second-order valence-electron chi connectivity index (χ2n) is 5.76. The molecule has 0 radical (unpaired) electrons. The fourth-order valence-electron chi connectivity index (χ4n) is 2.72. The third-order valence-electron chi connectivity index (χ3n) is 3.82. The number of hydrogen-bond acceptors (Lipinski definition) is 2. The molecule has 0 unspecified atom stereocenters. The summed E-state index contributed by atoms with van der Waals surface area (Å²) in [6, 6.07) is 10.2. The summed E-state index contributed by atoms with van der Waals surface area (Å²) >= 11 is 0. The van der Waals surface area contributed by atoms with Crippen molar-refractivity contribution in [2.24, 2.45) is 0 Å². The Morgan fingerprint density at radius 2 is 1.90 bits per heavy atom. The molecule has 2 heterocycles. The lowest BCUT2D eigenvalue weighted by Gasteiger charge is -2.15. The zero-order valence-corrected chi connectivity index (χ0v) is 12.0. The van der Waals surface area contributed by atoms with Gasteiger partial charge in [0.15, 0.2) is 0 Å². The molecule has 1 aliphatic heterocycles. The van der Waals surface area contributed by atoms with Gasteiger partial charge in [0, 0.05) is 37.5 Å². The Bertz CT molecular complexity index is 623. The molecule has 0 amide bonds. The van der Waals surface area contributed by atoms with Crippen molar-refractivity contribution in [1.29, 1.82) is 0 Å². The molecule has 2 nitrogen and oxygen atoms in total. The molecule has 3 rings (SSSR count). The average molecular weight is 288 g/mol. The quantitative estimate of drug-likeness (QED) is 0.851. The highest BCUT2D eigenvalue weighted by molar-refractivity contribution is 5.63. The van der Waals surface area contributed by atoms with Gasteiger partial charge in [0.2, 0.25) is 0 Å². The monoisotopic (exact) mass is 288 g/mol. The normalized spacial score (nSPS) is 18.0. The summed E-state index contributed by atoms with van der Waals surface area (Å²) in [5.74, 6) is -2.52. The molecule has 1 aromatic carbocycles. The van der Waals surface area contributed by atoms with Crippen LogP contribution in [-0.2, 0) is 6.54 Å². The van der Waals surface area contributed by atoms with Crippen LogP contribution in [0.3, 0.4) is 0 Å². The van der Waals surface area contributed by atoms with Gasteiger partial charge in [-0.3, -0.25) is 9.88 Å². The molecule has 4 heteroatoms. The highest BCUT2D eigenvalue weighted by atomic mass is 19.3. The van der Waals surface area contributed by atoms with E-state index in [2.05, 4.69) is 11.1 Å². The molecular weight excluding hydrogens is 270 g/mol. The molecule has 0 atom stereocenters. The maximum absolute atomic E-state index is 13.2. The second-order valence-corrected chi connectivity index (χ2v) is 5.76. The van der Waals surface area contributed by atoms with Crippen molar-refractivity contribution < 1.29 is 8.78 Å². The van der Waals surface area contributed by atoms with E-state index in [0.717, 1.165) is 22.3 Å². The lowest BCUT2D eigenvalue weighted by atomic mass is 10.0. The minimum absolute atomic E-state index is 0.0277. The minimum Gasteiger partial charge on any atom is -0.293 e. The van der Waals surface area contributed by atoms with Crippen molar-refractivity contribution in [2.75, 3.05) is 13.1 Å². The van der Waals surface area contributed by atoms with Crippen molar-refractivity contribution >= 4 is 0 Å². The van der Waals surface area contributed by atoms with Crippen molar-refractivity contribution in [3.63, 3.8) is 0 Å². The minimum atomic E-state index is -2.52. The van der Waals surface area contributed by atoms with Crippen LogP contribution < -0.4 is 0 Å². The molecule has 2 aromatic rings. The van der Waals surface area contributed by atoms with Crippen molar-refractivity contribution in [2.45, 2.75) is 25.8 Å². The number of aryl methyl sites for hydroxylation is 1. The number of aromatic nitrogens is 1. The van der Waals surface area contributed by atoms with E-state index in [0.29, 0.717) is 13.1 Å². The molecule has 1 aliphatic rings. The number of nitrogens with zero attached hydrogens (tertiary/aromatic N) is 2. The molecule has 110 valence electrons. The third kappa shape index (κ3) is 3.45. The van der Waals surface area contributed by atoms with E-state index in [1.54, 1.807) is 0 Å². The number of pyridine rings is 1. The molecule has 21 heavy (non-hydrogen) atoms. The van der Waals surface area contributed by atoms with E-state index in [-0.39, 0.29) is 13.0 Å². The Hall–Kier alpha value is -1.81. The maximum atomic E-state index is 13.2. The van der Waals surface area contributed by atoms with Gasteiger partial charge >= 0.3 is 0 Å². The van der Waals surface area contributed by atoms with Gasteiger partial charge in [-0.05, 0) is 29.7 Å². The van der Waals surface area contributed by atoms with Crippen molar-refractivity contribution in [3.8, 4) is 11.1 Å². The molecule has 1 fully saturated rings. The number of likely N-dealkylation sites (tertiary alicyclic amines) is 1. The van der Waals surface area contributed by atoms with E-state index >= 15 is 0 Å². The van der Waals surface area contributed by atoms with Crippen LogP contribution in [0.5, 0.6) is 0 Å². The lowest BCUT2D eigenvalue weighted by molar-refractivity contribution is 0.0115. The number of hydrogen-bond donors (Lipinski definition) is 0. The van der Waals surface area contributed by atoms with Gasteiger partial charge in [0.05, 0.1) is 6.54 Å². The molecule has 0 aliphatic carbocycles. The van der Waals surface area contributed by atoms with E-state index in [4.69, 9.17) is 0 Å². The van der Waals surface area contributed by atoms with Crippen LogP contribution >= 0.6 is 0 Å². The molecule has 0 saturated carbocycles. The Labute approximate surface area is 123 Å². The smallest absolute Gasteiger partial charge is 0.261 e. The first-order valence-electron chi connectivity index (χ1n) is 7.13. The number of alkyl halides is 2. The summed E-state index contributed by atoms with van der Waals surface area (Å²) in [6.45, 7) is 2.94. The SMILES string of the molecule is Cc1cncc(-c2ccc(CN3CCC(F)(F)C3)cc2)c1. The second kappa shape index (κ2) is 5.53. The summed E-state index contributed by atoms with van der Waals surface area (Å²) in [4.78, 5) is 6.00. The Balaban J connectivity index is 1.70. The van der Waals surface area contributed by atoms with E-state index in [1.807, 2.05) is 48.5 Å². The summed E-state index contributed by atoms with van der Waals surface area (Å²) in [6.07, 6.45) is 3.63. The maximum Gasteiger partial charge on any atom is 0.261 e. The van der Waals surface area contributed by atoms with Gasteiger partial charge < -0.3 is 0 Å². The first-order chi connectivity index (χ1) is 10.0. The van der Waals surface area contributed by atoms with Crippen LogP contribution in [-0.4, -0.2) is 28.9 Å². The first-order valence-corrected chi connectivity index (χ1v) is 7.13. The number of rotatable bonds is 3. The van der Waals surface area contributed by atoms with E-state index in [9.17, 15) is 8.78 Å². The van der Waals surface area contributed by atoms with Crippen LogP contribution in [0.15, 0.2) is 42.7 Å². The Morgan fingerprint density at radius 1 is 1.14 bits per heavy atom. The zero-order chi connectivity index (χ0) is 14.9. The molecule has 1 saturated heterocycles. The summed E-state index contributed by atoms with van der Waals surface area (Å²) in [5.41, 5.74) is 4.36. The van der Waals surface area contributed by atoms with Crippen LogP contribution in [0, 0.1) is 6.92 Å². The van der Waals surface area contributed by atoms with Gasteiger partial charge in [-0.1, -0.05) is 24.3 Å². The summed E-state index contributed by atoms with van der Waals surface area (Å²) < 4.78 is 26.3. The molecule has 1 aromatic heterocycles. The largest absolute Gasteiger partial charge is 0.293 e. The predicted molar refractivity (Wildman–Crippen MR) is 79.3 cm³/mol. The fourth-order valence-corrected chi connectivity index (χ4v) is 2.72. The van der Waals surface area contributed by atoms with Crippen LogP contribution in [0.25, 0.3) is 11.1 Å². The van der Waals surface area contributed by atoms with E-state index < -0.39 is 5.92 Å². The highest BCUT2D eigenvalue weighted by Crippen LogP contribution is 2.28. The van der Waals surface area contributed by atoms with Gasteiger partial charge in [-0.25, -0.2) is 8.78 Å². The third-order valence-corrected chi connectivity index (χ3v) is 3.82. The summed E-state index contributed by atoms with van der Waals surface area (Å²) in [5, 5.41) is 0. The van der Waals surface area contributed by atoms with Gasteiger partial charge in [-0.2, -0.15) is 0 Å². The zero-order valence-electron chi connectivity index (χ0n) is 12.0. The Kier molecular flexibility index (Phi) is 3.72. The van der Waals surface area contributed by atoms with Gasteiger partial charge in [-0.15, -0.1) is 0 Å². The van der Waals surface area contributed by atoms with Crippen LogP contribution in [0.2, 0.25) is 0 Å². The lowest BCUT2D eigenvalue weighted by Crippen LogP contribution is -2.24. The molecule has 0 spiro atoms. The van der Waals surface area contributed by atoms with Crippen molar-refractivity contribution in [3.05, 3.63) is 53.9 Å². The molecule has 0 bridgehead atoms. The first kappa shape index (κ1) is 14.1. The Morgan fingerprint density at radius 3 is 2.52 bits per heavy atom.